The van der Waals surface area contributed by atoms with E-state index >= 15 is 0 Å². The molecule has 0 bridgehead atoms. The number of sulfonamides is 1. The second-order valence-electron chi connectivity index (χ2n) is 6.42. The first-order valence-corrected chi connectivity index (χ1v) is 10.2. The number of ether oxygens (including phenoxy) is 2. The minimum Gasteiger partial charge on any atom is -0.495 e. The number of hydrogen-bond acceptors (Lipinski definition) is 5. The maximum Gasteiger partial charge on any atom is 0.264 e. The van der Waals surface area contributed by atoms with Crippen molar-refractivity contribution in [2.45, 2.75) is 24.8 Å². The molecule has 152 valence electrons. The van der Waals surface area contributed by atoms with Crippen molar-refractivity contribution in [3.63, 3.8) is 0 Å². The van der Waals surface area contributed by atoms with E-state index in [1.807, 2.05) is 6.92 Å². The van der Waals surface area contributed by atoms with Crippen molar-refractivity contribution in [3.8, 4) is 5.75 Å². The van der Waals surface area contributed by atoms with Crippen LogP contribution in [0.5, 0.6) is 5.75 Å². The van der Waals surface area contributed by atoms with Gasteiger partial charge < -0.3 is 14.8 Å². The Bertz CT molecular complexity index is 897. The minimum atomic E-state index is -3.99. The number of nitrogens with one attached hydrogen (secondary N) is 1. The van der Waals surface area contributed by atoms with Crippen LogP contribution < -0.4 is 14.4 Å². The first-order chi connectivity index (χ1) is 13.3. The predicted octanol–water partition coefficient (Wildman–Crippen LogP) is 2.35. The fraction of sp³-hybridized carbons (Fsp3) is 0.350. The predicted molar refractivity (Wildman–Crippen MR) is 108 cm³/mol. The van der Waals surface area contributed by atoms with Gasteiger partial charge in [-0.25, -0.2) is 8.42 Å². The molecule has 7 nitrogen and oxygen atoms in total. The van der Waals surface area contributed by atoms with Crippen molar-refractivity contribution in [2.24, 2.45) is 0 Å². The summed E-state index contributed by atoms with van der Waals surface area (Å²) in [6.07, 6.45) is 0. The number of rotatable bonds is 9. The Morgan fingerprint density at radius 1 is 1.11 bits per heavy atom. The molecule has 2 rings (SSSR count). The number of para-hydroxylation sites is 2. The molecule has 1 N–H and O–H groups in total. The van der Waals surface area contributed by atoms with Crippen LogP contribution in [0.4, 0.5) is 5.69 Å². The van der Waals surface area contributed by atoms with Crippen LogP contribution in [-0.4, -0.2) is 47.7 Å². The molecule has 1 atom stereocenters. The lowest BCUT2D eigenvalue weighted by Crippen LogP contribution is -2.44. The van der Waals surface area contributed by atoms with Gasteiger partial charge in [-0.2, -0.15) is 0 Å². The normalized spacial score (nSPS) is 12.3. The van der Waals surface area contributed by atoms with Gasteiger partial charge in [-0.3, -0.25) is 9.10 Å². The summed E-state index contributed by atoms with van der Waals surface area (Å²) < 4.78 is 38.0. The Morgan fingerprint density at radius 2 is 1.75 bits per heavy atom. The summed E-state index contributed by atoms with van der Waals surface area (Å²) in [5.74, 6) is -0.0814. The van der Waals surface area contributed by atoms with E-state index in [9.17, 15) is 13.2 Å². The second kappa shape index (κ2) is 9.57. The van der Waals surface area contributed by atoms with Crippen LogP contribution in [0, 0.1) is 6.92 Å². The molecule has 0 unspecified atom stereocenters. The molecule has 0 aliphatic carbocycles. The van der Waals surface area contributed by atoms with Crippen LogP contribution >= 0.6 is 0 Å². The topological polar surface area (TPSA) is 84.9 Å². The smallest absolute Gasteiger partial charge is 0.264 e. The fourth-order valence-electron chi connectivity index (χ4n) is 2.72. The third kappa shape index (κ3) is 5.24. The lowest BCUT2D eigenvalue weighted by atomic mass is 10.2. The minimum absolute atomic E-state index is 0.0988. The summed E-state index contributed by atoms with van der Waals surface area (Å²) in [6.45, 7) is 3.60. The third-order valence-corrected chi connectivity index (χ3v) is 5.85. The molecule has 0 aliphatic heterocycles. The molecule has 2 aromatic carbocycles. The van der Waals surface area contributed by atoms with E-state index in [1.54, 1.807) is 43.3 Å². The summed E-state index contributed by atoms with van der Waals surface area (Å²) in [6, 6.07) is 12.9. The number of anilines is 1. The van der Waals surface area contributed by atoms with E-state index in [2.05, 4.69) is 5.32 Å². The third-order valence-electron chi connectivity index (χ3n) is 4.07. The first-order valence-electron chi connectivity index (χ1n) is 8.80. The number of nitrogens with zero attached hydrogens (tertiary/aromatic N) is 1. The van der Waals surface area contributed by atoms with Gasteiger partial charge in [-0.15, -0.1) is 0 Å². The highest BCUT2D eigenvalue weighted by Gasteiger charge is 2.29. The number of benzene rings is 2. The van der Waals surface area contributed by atoms with Crippen molar-refractivity contribution in [2.75, 3.05) is 31.7 Å². The number of amides is 1. The number of methoxy groups -OCH3 is 2. The lowest BCUT2D eigenvalue weighted by Gasteiger charge is -2.26. The molecule has 0 radical (unpaired) electrons. The summed E-state index contributed by atoms with van der Waals surface area (Å²) in [5.41, 5.74) is 1.23. The molecular formula is C20H26N2O5S. The highest BCUT2D eigenvalue weighted by molar-refractivity contribution is 7.92. The Kier molecular flexibility index (Phi) is 7.42. The van der Waals surface area contributed by atoms with Gasteiger partial charge in [0.25, 0.3) is 10.0 Å². The SMILES string of the molecule is COC[C@H](C)NC(=O)CN(c1ccccc1OC)S(=O)(=O)c1ccc(C)cc1. The zero-order chi connectivity index (χ0) is 20.7. The Balaban J connectivity index is 2.44. The van der Waals surface area contributed by atoms with E-state index < -0.39 is 15.9 Å². The van der Waals surface area contributed by atoms with Crippen molar-refractivity contribution in [3.05, 3.63) is 54.1 Å². The molecule has 0 saturated heterocycles. The van der Waals surface area contributed by atoms with E-state index in [-0.39, 0.29) is 17.5 Å². The molecule has 28 heavy (non-hydrogen) atoms. The standard InChI is InChI=1S/C20H26N2O5S/c1-15-9-11-17(12-10-15)28(24,25)22(13-20(23)21-16(2)14-26-3)18-7-5-6-8-19(18)27-4/h5-12,16H,13-14H2,1-4H3,(H,21,23)/t16-/m0/s1. The van der Waals surface area contributed by atoms with Gasteiger partial charge in [0.1, 0.15) is 12.3 Å². The second-order valence-corrected chi connectivity index (χ2v) is 8.28. The van der Waals surface area contributed by atoms with Crippen LogP contribution in [-0.2, 0) is 19.6 Å². The summed E-state index contributed by atoms with van der Waals surface area (Å²) in [4.78, 5) is 12.6. The van der Waals surface area contributed by atoms with Gasteiger partial charge in [0.15, 0.2) is 0 Å². The molecule has 0 heterocycles. The molecule has 0 spiro atoms. The molecule has 2 aromatic rings. The summed E-state index contributed by atoms with van der Waals surface area (Å²) >= 11 is 0. The van der Waals surface area contributed by atoms with Gasteiger partial charge in [-0.1, -0.05) is 29.8 Å². The van der Waals surface area contributed by atoms with Gasteiger partial charge in [0, 0.05) is 13.2 Å². The van der Waals surface area contributed by atoms with Gasteiger partial charge in [0.2, 0.25) is 5.91 Å². The van der Waals surface area contributed by atoms with Crippen LogP contribution in [0.1, 0.15) is 12.5 Å². The monoisotopic (exact) mass is 406 g/mol. The van der Waals surface area contributed by atoms with Crippen LogP contribution in [0.3, 0.4) is 0 Å². The first kappa shape index (κ1) is 21.7. The van der Waals surface area contributed by atoms with Crippen molar-refractivity contribution >= 4 is 21.6 Å². The zero-order valence-electron chi connectivity index (χ0n) is 16.5. The van der Waals surface area contributed by atoms with Crippen LogP contribution in [0.25, 0.3) is 0 Å². The largest absolute Gasteiger partial charge is 0.495 e. The van der Waals surface area contributed by atoms with Gasteiger partial charge >= 0.3 is 0 Å². The molecule has 0 aromatic heterocycles. The molecule has 0 saturated carbocycles. The molecule has 0 fully saturated rings. The molecule has 8 heteroatoms. The molecule has 1 amide bonds. The van der Waals surface area contributed by atoms with Crippen LogP contribution in [0.2, 0.25) is 0 Å². The fourth-order valence-corrected chi connectivity index (χ4v) is 4.15. The Labute approximate surface area is 166 Å². The highest BCUT2D eigenvalue weighted by Crippen LogP contribution is 2.32. The van der Waals surface area contributed by atoms with Crippen molar-refractivity contribution in [1.29, 1.82) is 0 Å². The van der Waals surface area contributed by atoms with Crippen LogP contribution in [0.15, 0.2) is 53.4 Å². The van der Waals surface area contributed by atoms with E-state index in [4.69, 9.17) is 9.47 Å². The number of hydrogen-bond donors (Lipinski definition) is 1. The van der Waals surface area contributed by atoms with Crippen molar-refractivity contribution < 1.29 is 22.7 Å². The maximum atomic E-state index is 13.3. The lowest BCUT2D eigenvalue weighted by molar-refractivity contribution is -0.120. The average Bonchev–Trinajstić information content (AvgIpc) is 2.66. The zero-order valence-corrected chi connectivity index (χ0v) is 17.3. The Hall–Kier alpha value is -2.58. The van der Waals surface area contributed by atoms with Crippen molar-refractivity contribution in [1.82, 2.24) is 5.32 Å². The van der Waals surface area contributed by atoms with Gasteiger partial charge in [-0.05, 0) is 38.1 Å². The van der Waals surface area contributed by atoms with E-state index in [0.29, 0.717) is 18.0 Å². The summed E-state index contributed by atoms with van der Waals surface area (Å²) in [5, 5.41) is 2.74. The van der Waals surface area contributed by atoms with Gasteiger partial charge in [0.05, 0.1) is 24.3 Å². The average molecular weight is 407 g/mol. The molecule has 0 aliphatic rings. The quantitative estimate of drug-likeness (QED) is 0.691. The summed E-state index contributed by atoms with van der Waals surface area (Å²) in [7, 11) is -0.997. The number of carbonyl (C=O) groups excluding carboxylic acids is 1. The van der Waals surface area contributed by atoms with E-state index in [1.165, 1.54) is 26.4 Å². The number of carbonyl (C=O) groups is 1. The van der Waals surface area contributed by atoms with E-state index in [0.717, 1.165) is 9.87 Å². The Morgan fingerprint density at radius 3 is 2.36 bits per heavy atom. The maximum absolute atomic E-state index is 13.3. The highest BCUT2D eigenvalue weighted by atomic mass is 32.2. The number of aryl methyl sites for hydroxylation is 1. The molecular weight excluding hydrogens is 380 g/mol.